The van der Waals surface area contributed by atoms with Gasteiger partial charge in [0, 0.05) is 0 Å². The molecule has 0 amide bonds. The van der Waals surface area contributed by atoms with Gasteiger partial charge in [-0.25, -0.2) is 0 Å². The van der Waals surface area contributed by atoms with Crippen molar-refractivity contribution in [2.24, 2.45) is 0 Å². The third-order valence-corrected chi connectivity index (χ3v) is 1.25. The Morgan fingerprint density at radius 3 is 2.38 bits per heavy atom. The van der Waals surface area contributed by atoms with Crippen molar-refractivity contribution in [3.8, 4) is 0 Å². The van der Waals surface area contributed by atoms with Crippen LogP contribution in [0.15, 0.2) is 12.7 Å². The zero-order chi connectivity index (χ0) is 6.62. The van der Waals surface area contributed by atoms with Crippen molar-refractivity contribution in [1.29, 1.82) is 0 Å². The maximum atomic E-state index is 9.75. The third-order valence-electron chi connectivity index (χ3n) is 0.335. The Morgan fingerprint density at radius 1 is 1.75 bits per heavy atom. The van der Waals surface area contributed by atoms with Gasteiger partial charge in [-0.15, -0.1) is 0 Å². The molecule has 0 unspecified atom stereocenters. The Morgan fingerprint density at radius 2 is 2.25 bits per heavy atom. The molecule has 5 heteroatoms. The molecule has 1 N–H and O–H groups in total. The minimum atomic E-state index is -4.90. The second-order valence-electron chi connectivity index (χ2n) is 1.00. The molecular formula is C3H6O4Se. The van der Waals surface area contributed by atoms with E-state index in [4.69, 9.17) is 4.19 Å². The van der Waals surface area contributed by atoms with Crippen LogP contribution in [0.5, 0.6) is 0 Å². The Bertz CT molecular complexity index is 156. The summed E-state index contributed by atoms with van der Waals surface area (Å²) in [6.07, 6.45) is 1.23. The second-order valence-corrected chi connectivity index (χ2v) is 3.29. The molecule has 0 atom stereocenters. The number of hydrogen-bond donors (Lipinski definition) is 1. The zero-order valence-corrected chi connectivity index (χ0v) is 5.78. The number of hydrogen-bond acceptors (Lipinski definition) is 3. The Labute approximate surface area is 49.1 Å². The van der Waals surface area contributed by atoms with E-state index in [1.165, 1.54) is 6.08 Å². The number of rotatable bonds is 3. The average Bonchev–Trinajstić information content (AvgIpc) is 1.59. The van der Waals surface area contributed by atoms with Gasteiger partial charge in [0.2, 0.25) is 0 Å². The van der Waals surface area contributed by atoms with Crippen LogP contribution in [0.4, 0.5) is 0 Å². The molecule has 0 aliphatic carbocycles. The molecule has 0 aliphatic heterocycles. The van der Waals surface area contributed by atoms with Gasteiger partial charge in [-0.1, -0.05) is 0 Å². The molecule has 0 aromatic rings. The Hall–Kier alpha value is -0.221. The standard InChI is InChI=1S/C3H6O4Se/c1-2-3-7-8(4,5)6/h2H,1,3H2,(H,4,5,6). The van der Waals surface area contributed by atoms with E-state index in [0.29, 0.717) is 0 Å². The van der Waals surface area contributed by atoms with Gasteiger partial charge in [-0.05, 0) is 0 Å². The van der Waals surface area contributed by atoms with E-state index in [-0.39, 0.29) is 6.61 Å². The van der Waals surface area contributed by atoms with Gasteiger partial charge in [-0.3, -0.25) is 0 Å². The van der Waals surface area contributed by atoms with Crippen molar-refractivity contribution < 1.29 is 15.7 Å². The molecule has 0 heterocycles. The first-order chi connectivity index (χ1) is 3.56. The molecule has 0 radical (unpaired) electrons. The first kappa shape index (κ1) is 7.78. The predicted molar refractivity (Wildman–Crippen MR) is 25.5 cm³/mol. The topological polar surface area (TPSA) is 63.6 Å². The Kier molecular flexibility index (Phi) is 2.86. The molecule has 0 saturated heterocycles. The minimum absolute atomic E-state index is 0.163. The van der Waals surface area contributed by atoms with E-state index >= 15 is 0 Å². The van der Waals surface area contributed by atoms with Crippen LogP contribution in [-0.2, 0) is 11.5 Å². The molecule has 0 aromatic heterocycles. The Balaban J connectivity index is 3.57. The molecule has 48 valence electrons. The summed E-state index contributed by atoms with van der Waals surface area (Å²) < 4.78 is 31.3. The SMILES string of the molecule is C=CCO[Se](=O)(=O)O. The summed E-state index contributed by atoms with van der Waals surface area (Å²) in [5, 5.41) is 0. The van der Waals surface area contributed by atoms with Crippen LogP contribution in [0.2, 0.25) is 0 Å². The van der Waals surface area contributed by atoms with Gasteiger partial charge in [0.15, 0.2) is 0 Å². The molecule has 0 spiro atoms. The van der Waals surface area contributed by atoms with Crippen LogP contribution in [0.3, 0.4) is 0 Å². The van der Waals surface area contributed by atoms with E-state index < -0.39 is 13.4 Å². The normalized spacial score (nSPS) is 11.1. The van der Waals surface area contributed by atoms with Crippen molar-refractivity contribution in [2.75, 3.05) is 6.61 Å². The predicted octanol–water partition coefficient (Wildman–Crippen LogP) is -0.522. The van der Waals surface area contributed by atoms with Crippen molar-refractivity contribution in [1.82, 2.24) is 0 Å². The van der Waals surface area contributed by atoms with Gasteiger partial charge in [-0.2, -0.15) is 0 Å². The molecule has 0 aliphatic rings. The molecule has 8 heavy (non-hydrogen) atoms. The monoisotopic (exact) mass is 186 g/mol. The van der Waals surface area contributed by atoms with Crippen LogP contribution in [-0.4, -0.2) is 24.2 Å². The van der Waals surface area contributed by atoms with Crippen molar-refractivity contribution in [2.45, 2.75) is 0 Å². The van der Waals surface area contributed by atoms with Crippen LogP contribution < -0.4 is 0 Å². The van der Waals surface area contributed by atoms with Crippen LogP contribution in [0.25, 0.3) is 0 Å². The van der Waals surface area contributed by atoms with Crippen molar-refractivity contribution in [3.63, 3.8) is 0 Å². The summed E-state index contributed by atoms with van der Waals surface area (Å²) in [5.41, 5.74) is 0. The van der Waals surface area contributed by atoms with Gasteiger partial charge in [0.05, 0.1) is 0 Å². The van der Waals surface area contributed by atoms with Gasteiger partial charge >= 0.3 is 48.3 Å². The van der Waals surface area contributed by atoms with Crippen molar-refractivity contribution >= 4 is 13.4 Å². The fourth-order valence-corrected chi connectivity index (χ4v) is 0.697. The fourth-order valence-electron chi connectivity index (χ4n) is 0.134. The summed E-state index contributed by atoms with van der Waals surface area (Å²) in [4.78, 5) is 0. The molecule has 0 saturated carbocycles. The average molecular weight is 185 g/mol. The van der Waals surface area contributed by atoms with E-state index in [2.05, 4.69) is 10.4 Å². The van der Waals surface area contributed by atoms with Crippen LogP contribution in [0, 0.1) is 0 Å². The summed E-state index contributed by atoms with van der Waals surface area (Å²) >= 11 is -4.90. The zero-order valence-electron chi connectivity index (χ0n) is 4.07. The van der Waals surface area contributed by atoms with Gasteiger partial charge in [0.1, 0.15) is 0 Å². The van der Waals surface area contributed by atoms with Crippen molar-refractivity contribution in [3.05, 3.63) is 12.7 Å². The van der Waals surface area contributed by atoms with Crippen LogP contribution in [0.1, 0.15) is 0 Å². The maximum absolute atomic E-state index is 9.75. The second kappa shape index (κ2) is 2.94. The summed E-state index contributed by atoms with van der Waals surface area (Å²) in [5.74, 6) is 0. The molecule has 0 bridgehead atoms. The molecule has 0 fully saturated rings. The fraction of sp³-hybridized carbons (Fsp3) is 0.333. The molecular weight excluding hydrogens is 179 g/mol. The van der Waals surface area contributed by atoms with Gasteiger partial charge < -0.3 is 0 Å². The van der Waals surface area contributed by atoms with Gasteiger partial charge in [0.25, 0.3) is 0 Å². The summed E-state index contributed by atoms with van der Waals surface area (Å²) in [6.45, 7) is 3.01. The molecule has 0 aromatic carbocycles. The summed E-state index contributed by atoms with van der Waals surface area (Å²) in [6, 6.07) is 0. The van der Waals surface area contributed by atoms with Crippen LogP contribution >= 0.6 is 0 Å². The quantitative estimate of drug-likeness (QED) is 0.474. The van der Waals surface area contributed by atoms with E-state index in [9.17, 15) is 7.67 Å². The first-order valence-corrected chi connectivity index (χ1v) is 4.65. The molecule has 0 rings (SSSR count). The first-order valence-electron chi connectivity index (χ1n) is 1.79. The molecule has 4 nitrogen and oxygen atoms in total. The van der Waals surface area contributed by atoms with E-state index in [1.54, 1.807) is 0 Å². The van der Waals surface area contributed by atoms with E-state index in [0.717, 1.165) is 0 Å². The third kappa shape index (κ3) is 5.78. The summed E-state index contributed by atoms with van der Waals surface area (Å²) in [7, 11) is 0. The van der Waals surface area contributed by atoms with E-state index in [1.807, 2.05) is 0 Å².